The third kappa shape index (κ3) is 2.38. The van der Waals surface area contributed by atoms with E-state index >= 15 is 0 Å². The molecule has 0 saturated carbocycles. The van der Waals surface area contributed by atoms with Gasteiger partial charge >= 0.3 is 0 Å². The van der Waals surface area contributed by atoms with E-state index in [1.165, 1.54) is 5.56 Å². The summed E-state index contributed by atoms with van der Waals surface area (Å²) in [6, 6.07) is 11.2. The molecule has 0 amide bonds. The van der Waals surface area contributed by atoms with E-state index in [0.717, 1.165) is 17.0 Å². The zero-order valence-electron chi connectivity index (χ0n) is 10.7. The standard InChI is InChI=1S/C15H15N3O/c1-11-5-6-15-17-9-13(18(15)10-11)8-16-12-3-2-4-14(19)7-12/h2-7,9-10,16,19H,8H2,1H3. The topological polar surface area (TPSA) is 49.6 Å². The minimum atomic E-state index is 0.263. The maximum Gasteiger partial charge on any atom is 0.136 e. The quantitative estimate of drug-likeness (QED) is 0.754. The first kappa shape index (κ1) is 11.6. The molecule has 96 valence electrons. The molecular formula is C15H15N3O. The number of nitrogens with one attached hydrogen (secondary N) is 1. The molecule has 0 unspecified atom stereocenters. The van der Waals surface area contributed by atoms with Crippen LogP contribution in [0.25, 0.3) is 5.65 Å². The zero-order valence-corrected chi connectivity index (χ0v) is 10.7. The molecule has 0 fully saturated rings. The van der Waals surface area contributed by atoms with Crippen LogP contribution in [0.15, 0.2) is 48.8 Å². The number of aromatic hydroxyl groups is 1. The Morgan fingerprint density at radius 1 is 1.26 bits per heavy atom. The average Bonchev–Trinajstić information content (AvgIpc) is 2.79. The van der Waals surface area contributed by atoms with E-state index in [1.807, 2.05) is 24.4 Å². The summed E-state index contributed by atoms with van der Waals surface area (Å²) < 4.78 is 2.07. The van der Waals surface area contributed by atoms with Crippen LogP contribution < -0.4 is 5.32 Å². The summed E-state index contributed by atoms with van der Waals surface area (Å²) in [5.41, 5.74) is 4.12. The van der Waals surface area contributed by atoms with Crippen LogP contribution in [0, 0.1) is 6.92 Å². The molecule has 0 radical (unpaired) electrons. The molecular weight excluding hydrogens is 238 g/mol. The smallest absolute Gasteiger partial charge is 0.136 e. The first-order valence-corrected chi connectivity index (χ1v) is 6.18. The lowest BCUT2D eigenvalue weighted by Crippen LogP contribution is -2.02. The predicted octanol–water partition coefficient (Wildman–Crippen LogP) is 2.96. The van der Waals surface area contributed by atoms with Crippen LogP contribution in [0.1, 0.15) is 11.3 Å². The van der Waals surface area contributed by atoms with Crippen LogP contribution in [-0.4, -0.2) is 14.5 Å². The van der Waals surface area contributed by atoms with Crippen molar-refractivity contribution in [3.63, 3.8) is 0 Å². The van der Waals surface area contributed by atoms with E-state index < -0.39 is 0 Å². The van der Waals surface area contributed by atoms with Crippen molar-refractivity contribution in [1.82, 2.24) is 9.38 Å². The van der Waals surface area contributed by atoms with Crippen LogP contribution >= 0.6 is 0 Å². The third-order valence-electron chi connectivity index (χ3n) is 3.05. The number of aromatic nitrogens is 2. The highest BCUT2D eigenvalue weighted by Gasteiger charge is 2.03. The minimum absolute atomic E-state index is 0.263. The second-order valence-corrected chi connectivity index (χ2v) is 4.59. The van der Waals surface area contributed by atoms with E-state index in [1.54, 1.807) is 12.1 Å². The van der Waals surface area contributed by atoms with Gasteiger partial charge < -0.3 is 14.8 Å². The van der Waals surface area contributed by atoms with Crippen molar-refractivity contribution in [3.05, 3.63) is 60.0 Å². The number of hydrogen-bond donors (Lipinski definition) is 2. The lowest BCUT2D eigenvalue weighted by Gasteiger charge is -2.07. The second-order valence-electron chi connectivity index (χ2n) is 4.59. The van der Waals surface area contributed by atoms with E-state index in [4.69, 9.17) is 0 Å². The lowest BCUT2D eigenvalue weighted by molar-refractivity contribution is 0.475. The molecule has 0 atom stereocenters. The number of aryl methyl sites for hydroxylation is 1. The van der Waals surface area contributed by atoms with Gasteiger partial charge in [-0.1, -0.05) is 12.1 Å². The Labute approximate surface area is 111 Å². The van der Waals surface area contributed by atoms with Crippen molar-refractivity contribution >= 4 is 11.3 Å². The van der Waals surface area contributed by atoms with Gasteiger partial charge in [0, 0.05) is 18.0 Å². The van der Waals surface area contributed by atoms with Crippen LogP contribution in [0.4, 0.5) is 5.69 Å². The lowest BCUT2D eigenvalue weighted by atomic mass is 10.3. The van der Waals surface area contributed by atoms with E-state index in [9.17, 15) is 5.11 Å². The highest BCUT2D eigenvalue weighted by atomic mass is 16.3. The summed E-state index contributed by atoms with van der Waals surface area (Å²) in [4.78, 5) is 4.36. The fourth-order valence-corrected chi connectivity index (χ4v) is 2.08. The molecule has 4 heteroatoms. The Balaban J connectivity index is 1.84. The highest BCUT2D eigenvalue weighted by molar-refractivity contribution is 5.48. The summed E-state index contributed by atoms with van der Waals surface area (Å²) in [5, 5.41) is 12.7. The maximum absolute atomic E-state index is 9.42. The molecule has 2 aromatic heterocycles. The zero-order chi connectivity index (χ0) is 13.2. The van der Waals surface area contributed by atoms with Crippen molar-refractivity contribution < 1.29 is 5.11 Å². The first-order valence-electron chi connectivity index (χ1n) is 6.18. The average molecular weight is 253 g/mol. The van der Waals surface area contributed by atoms with Gasteiger partial charge in [0.25, 0.3) is 0 Å². The Bertz CT molecular complexity index is 718. The maximum atomic E-state index is 9.42. The van der Waals surface area contributed by atoms with Crippen LogP contribution in [0.3, 0.4) is 0 Å². The number of rotatable bonds is 3. The van der Waals surface area contributed by atoms with Crippen LogP contribution in [0.5, 0.6) is 5.75 Å². The van der Waals surface area contributed by atoms with Gasteiger partial charge in [0.15, 0.2) is 0 Å². The summed E-state index contributed by atoms with van der Waals surface area (Å²) in [6.07, 6.45) is 3.94. The van der Waals surface area contributed by atoms with Crippen molar-refractivity contribution in [2.75, 3.05) is 5.32 Å². The Morgan fingerprint density at radius 3 is 3.00 bits per heavy atom. The largest absolute Gasteiger partial charge is 0.508 e. The molecule has 2 N–H and O–H groups in total. The van der Waals surface area contributed by atoms with Gasteiger partial charge in [0.1, 0.15) is 11.4 Å². The highest BCUT2D eigenvalue weighted by Crippen LogP contribution is 2.17. The van der Waals surface area contributed by atoms with Crippen molar-refractivity contribution in [1.29, 1.82) is 0 Å². The number of phenolic OH excluding ortho intramolecular Hbond substituents is 1. The summed E-state index contributed by atoms with van der Waals surface area (Å²) in [5.74, 6) is 0.263. The van der Waals surface area contributed by atoms with Crippen LogP contribution in [0.2, 0.25) is 0 Å². The van der Waals surface area contributed by atoms with Gasteiger partial charge in [-0.2, -0.15) is 0 Å². The SMILES string of the molecule is Cc1ccc2ncc(CNc3cccc(O)c3)n2c1. The second kappa shape index (κ2) is 4.65. The van der Waals surface area contributed by atoms with Crippen molar-refractivity contribution in [2.24, 2.45) is 0 Å². The molecule has 0 aliphatic carbocycles. The molecule has 19 heavy (non-hydrogen) atoms. The van der Waals surface area contributed by atoms with Gasteiger partial charge in [-0.3, -0.25) is 0 Å². The van der Waals surface area contributed by atoms with Gasteiger partial charge in [0.05, 0.1) is 18.4 Å². The molecule has 0 spiro atoms. The molecule has 0 aliphatic heterocycles. The van der Waals surface area contributed by atoms with Crippen molar-refractivity contribution in [3.8, 4) is 5.75 Å². The number of anilines is 1. The fourth-order valence-electron chi connectivity index (χ4n) is 2.08. The van der Waals surface area contributed by atoms with E-state index in [0.29, 0.717) is 6.54 Å². The number of benzene rings is 1. The Hall–Kier alpha value is -2.49. The van der Waals surface area contributed by atoms with Gasteiger partial charge in [-0.05, 0) is 30.7 Å². The van der Waals surface area contributed by atoms with Crippen LogP contribution in [-0.2, 0) is 6.54 Å². The summed E-state index contributed by atoms with van der Waals surface area (Å²) in [7, 11) is 0. The number of hydrogen-bond acceptors (Lipinski definition) is 3. The third-order valence-corrected chi connectivity index (χ3v) is 3.05. The number of fused-ring (bicyclic) bond motifs is 1. The summed E-state index contributed by atoms with van der Waals surface area (Å²) in [6.45, 7) is 2.72. The molecule has 0 bridgehead atoms. The van der Waals surface area contributed by atoms with Gasteiger partial charge in [-0.25, -0.2) is 4.98 Å². The van der Waals surface area contributed by atoms with Gasteiger partial charge in [-0.15, -0.1) is 0 Å². The molecule has 2 heterocycles. The number of pyridine rings is 1. The Kier molecular flexibility index (Phi) is 2.83. The Morgan fingerprint density at radius 2 is 2.16 bits per heavy atom. The fraction of sp³-hybridized carbons (Fsp3) is 0.133. The monoisotopic (exact) mass is 253 g/mol. The van der Waals surface area contributed by atoms with E-state index in [-0.39, 0.29) is 5.75 Å². The van der Waals surface area contributed by atoms with Gasteiger partial charge in [0.2, 0.25) is 0 Å². The molecule has 3 rings (SSSR count). The summed E-state index contributed by atoms with van der Waals surface area (Å²) >= 11 is 0. The number of imidazole rings is 1. The van der Waals surface area contributed by atoms with E-state index in [2.05, 4.69) is 33.9 Å². The molecule has 0 aliphatic rings. The molecule has 3 aromatic rings. The predicted molar refractivity (Wildman–Crippen MR) is 75.4 cm³/mol. The molecule has 0 saturated heterocycles. The minimum Gasteiger partial charge on any atom is -0.508 e. The van der Waals surface area contributed by atoms with Crippen molar-refractivity contribution in [2.45, 2.75) is 13.5 Å². The molecule has 4 nitrogen and oxygen atoms in total. The number of phenols is 1. The number of nitrogens with zero attached hydrogens (tertiary/aromatic N) is 2. The first-order chi connectivity index (χ1) is 9.22. The normalized spacial score (nSPS) is 10.8. The molecule has 1 aromatic carbocycles.